The molecule has 0 atom stereocenters. The second-order valence-corrected chi connectivity index (χ2v) is 4.39. The van der Waals surface area contributed by atoms with E-state index in [0.717, 1.165) is 17.2 Å². The highest BCUT2D eigenvalue weighted by molar-refractivity contribution is 7.98. The predicted octanol–water partition coefficient (Wildman–Crippen LogP) is 3.46. The number of nitrogens with two attached hydrogens (primary N) is 1. The number of nitrogen functional groups attached to an aromatic ring is 1. The van der Waals surface area contributed by atoms with Gasteiger partial charge in [-0.25, -0.2) is 0 Å². The molecule has 0 saturated carbocycles. The highest BCUT2D eigenvalue weighted by atomic mass is 32.2. The number of hydrogen-bond acceptors (Lipinski definition) is 3. The summed E-state index contributed by atoms with van der Waals surface area (Å²) in [6, 6.07) is 9.96. The predicted molar refractivity (Wildman–Crippen MR) is 63.9 cm³/mol. The van der Waals surface area contributed by atoms with Crippen LogP contribution in [-0.2, 0) is 5.75 Å². The summed E-state index contributed by atoms with van der Waals surface area (Å²) >= 11 is 1.78. The number of thioether (sulfide) groups is 1. The quantitative estimate of drug-likeness (QED) is 0.634. The van der Waals surface area contributed by atoms with Gasteiger partial charge < -0.3 is 10.2 Å². The van der Waals surface area contributed by atoms with Crippen LogP contribution in [0.1, 0.15) is 11.3 Å². The summed E-state index contributed by atoms with van der Waals surface area (Å²) < 4.78 is 5.23. The van der Waals surface area contributed by atoms with Crippen LogP contribution in [0.5, 0.6) is 0 Å². The Labute approximate surface area is 93.5 Å². The SMILES string of the molecule is Cc1occc1SCc1ccc(N)cc1. The summed E-state index contributed by atoms with van der Waals surface area (Å²) in [5, 5.41) is 0. The van der Waals surface area contributed by atoms with Gasteiger partial charge in [0.05, 0.1) is 6.26 Å². The molecule has 0 aliphatic heterocycles. The van der Waals surface area contributed by atoms with E-state index >= 15 is 0 Å². The molecule has 0 aliphatic carbocycles. The topological polar surface area (TPSA) is 39.2 Å². The maximum atomic E-state index is 5.62. The molecule has 0 aliphatic rings. The Bertz CT molecular complexity index is 433. The summed E-state index contributed by atoms with van der Waals surface area (Å²) in [7, 11) is 0. The Balaban J connectivity index is 1.99. The van der Waals surface area contributed by atoms with Gasteiger partial charge in [-0.1, -0.05) is 12.1 Å². The first kappa shape index (κ1) is 10.2. The number of furan rings is 1. The highest BCUT2D eigenvalue weighted by Gasteiger charge is 2.01. The molecule has 0 unspecified atom stereocenters. The molecule has 0 amide bonds. The van der Waals surface area contributed by atoms with Crippen LogP contribution in [0.15, 0.2) is 45.9 Å². The van der Waals surface area contributed by atoms with Crippen LogP contribution in [0.4, 0.5) is 5.69 Å². The first-order valence-corrected chi connectivity index (χ1v) is 5.75. The van der Waals surface area contributed by atoms with Crippen molar-refractivity contribution in [3.05, 3.63) is 47.9 Å². The van der Waals surface area contributed by atoms with E-state index in [9.17, 15) is 0 Å². The molecule has 3 heteroatoms. The molecule has 78 valence electrons. The van der Waals surface area contributed by atoms with Crippen LogP contribution in [0, 0.1) is 6.92 Å². The van der Waals surface area contributed by atoms with Gasteiger partial charge in [0.2, 0.25) is 0 Å². The van der Waals surface area contributed by atoms with Crippen molar-refractivity contribution in [2.24, 2.45) is 0 Å². The molecule has 0 fully saturated rings. The molecule has 2 aromatic rings. The minimum atomic E-state index is 0.809. The molecule has 1 aromatic heterocycles. The van der Waals surface area contributed by atoms with Crippen LogP contribution in [0.2, 0.25) is 0 Å². The number of aryl methyl sites for hydroxylation is 1. The highest BCUT2D eigenvalue weighted by Crippen LogP contribution is 2.26. The van der Waals surface area contributed by atoms with Gasteiger partial charge in [0.25, 0.3) is 0 Å². The molecule has 15 heavy (non-hydrogen) atoms. The fraction of sp³-hybridized carbons (Fsp3) is 0.167. The van der Waals surface area contributed by atoms with Gasteiger partial charge in [0, 0.05) is 16.3 Å². The van der Waals surface area contributed by atoms with Gasteiger partial charge in [0.15, 0.2) is 0 Å². The van der Waals surface area contributed by atoms with Crippen LogP contribution < -0.4 is 5.73 Å². The average molecular weight is 219 g/mol. The van der Waals surface area contributed by atoms with Gasteiger partial charge in [-0.15, -0.1) is 11.8 Å². The Morgan fingerprint density at radius 1 is 1.20 bits per heavy atom. The Morgan fingerprint density at radius 2 is 1.93 bits per heavy atom. The molecule has 0 radical (unpaired) electrons. The largest absolute Gasteiger partial charge is 0.468 e. The molecule has 1 heterocycles. The minimum absolute atomic E-state index is 0.809. The number of rotatable bonds is 3. The summed E-state index contributed by atoms with van der Waals surface area (Å²) in [6.45, 7) is 1.98. The Kier molecular flexibility index (Phi) is 3.02. The molecule has 0 bridgehead atoms. The van der Waals surface area contributed by atoms with Crippen molar-refractivity contribution < 1.29 is 4.42 Å². The van der Waals surface area contributed by atoms with Gasteiger partial charge in [-0.2, -0.15) is 0 Å². The van der Waals surface area contributed by atoms with Crippen molar-refractivity contribution in [2.45, 2.75) is 17.6 Å². The van der Waals surface area contributed by atoms with Crippen LogP contribution >= 0.6 is 11.8 Å². The van der Waals surface area contributed by atoms with E-state index in [4.69, 9.17) is 10.2 Å². The van der Waals surface area contributed by atoms with E-state index in [1.807, 2.05) is 25.1 Å². The molecular formula is C12H13NOS. The van der Waals surface area contributed by atoms with Crippen molar-refractivity contribution in [1.29, 1.82) is 0 Å². The lowest BCUT2D eigenvalue weighted by Crippen LogP contribution is -1.85. The zero-order valence-corrected chi connectivity index (χ0v) is 9.38. The van der Waals surface area contributed by atoms with Gasteiger partial charge >= 0.3 is 0 Å². The number of anilines is 1. The maximum Gasteiger partial charge on any atom is 0.114 e. The van der Waals surface area contributed by atoms with Crippen LogP contribution in [0.3, 0.4) is 0 Å². The molecule has 0 spiro atoms. The second kappa shape index (κ2) is 4.45. The zero-order valence-electron chi connectivity index (χ0n) is 8.57. The fourth-order valence-corrected chi connectivity index (χ4v) is 2.22. The second-order valence-electron chi connectivity index (χ2n) is 3.37. The minimum Gasteiger partial charge on any atom is -0.468 e. The Morgan fingerprint density at radius 3 is 2.53 bits per heavy atom. The van der Waals surface area contributed by atoms with Gasteiger partial charge in [-0.3, -0.25) is 0 Å². The van der Waals surface area contributed by atoms with E-state index < -0.39 is 0 Å². The standard InChI is InChI=1S/C12H13NOS/c1-9-12(6-7-14-9)15-8-10-2-4-11(13)5-3-10/h2-7H,8,13H2,1H3. The maximum absolute atomic E-state index is 5.62. The monoisotopic (exact) mass is 219 g/mol. The lowest BCUT2D eigenvalue weighted by Gasteiger charge is -2.01. The molecule has 1 aromatic carbocycles. The van der Waals surface area contributed by atoms with Crippen molar-refractivity contribution in [3.8, 4) is 0 Å². The normalized spacial score (nSPS) is 10.5. The molecule has 2 nitrogen and oxygen atoms in total. The average Bonchev–Trinajstić information content (AvgIpc) is 2.63. The van der Waals surface area contributed by atoms with Crippen molar-refractivity contribution >= 4 is 17.4 Å². The lowest BCUT2D eigenvalue weighted by molar-refractivity contribution is 0.527. The van der Waals surface area contributed by atoms with E-state index in [0.29, 0.717) is 0 Å². The molecule has 2 rings (SSSR count). The fourth-order valence-electron chi connectivity index (χ4n) is 1.30. The summed E-state index contributed by atoms with van der Waals surface area (Å²) in [4.78, 5) is 1.20. The van der Waals surface area contributed by atoms with Gasteiger partial charge in [-0.05, 0) is 30.7 Å². The first-order chi connectivity index (χ1) is 7.25. The molecule has 0 saturated heterocycles. The Hall–Kier alpha value is -1.35. The van der Waals surface area contributed by atoms with E-state index in [-0.39, 0.29) is 0 Å². The molecular weight excluding hydrogens is 206 g/mol. The third kappa shape index (κ3) is 2.57. The van der Waals surface area contributed by atoms with Crippen molar-refractivity contribution in [1.82, 2.24) is 0 Å². The lowest BCUT2D eigenvalue weighted by atomic mass is 10.2. The van der Waals surface area contributed by atoms with Crippen LogP contribution in [-0.4, -0.2) is 0 Å². The van der Waals surface area contributed by atoms with E-state index in [1.165, 1.54) is 10.5 Å². The summed E-state index contributed by atoms with van der Waals surface area (Å²) in [6.07, 6.45) is 1.72. The summed E-state index contributed by atoms with van der Waals surface area (Å²) in [5.41, 5.74) is 7.70. The number of benzene rings is 1. The molecule has 2 N–H and O–H groups in total. The van der Waals surface area contributed by atoms with Gasteiger partial charge in [0.1, 0.15) is 5.76 Å². The van der Waals surface area contributed by atoms with E-state index in [2.05, 4.69) is 12.1 Å². The van der Waals surface area contributed by atoms with Crippen molar-refractivity contribution in [3.63, 3.8) is 0 Å². The van der Waals surface area contributed by atoms with Crippen LogP contribution in [0.25, 0.3) is 0 Å². The van der Waals surface area contributed by atoms with Crippen molar-refractivity contribution in [2.75, 3.05) is 5.73 Å². The first-order valence-electron chi connectivity index (χ1n) is 4.77. The number of hydrogen-bond donors (Lipinski definition) is 1. The third-order valence-electron chi connectivity index (χ3n) is 2.19. The third-order valence-corrected chi connectivity index (χ3v) is 3.40. The smallest absolute Gasteiger partial charge is 0.114 e. The van der Waals surface area contributed by atoms with E-state index in [1.54, 1.807) is 18.0 Å². The zero-order chi connectivity index (χ0) is 10.7. The summed E-state index contributed by atoms with van der Waals surface area (Å²) in [5.74, 6) is 1.93.